The summed E-state index contributed by atoms with van der Waals surface area (Å²) in [5.41, 5.74) is 0.384. The maximum atomic E-state index is 12.4. The van der Waals surface area contributed by atoms with Crippen LogP contribution in [0.1, 0.15) is 51.5 Å². The fourth-order valence-electron chi connectivity index (χ4n) is 8.63. The van der Waals surface area contributed by atoms with E-state index in [-0.39, 0.29) is 35.4 Å². The number of carbonyl (C=O) groups excluding carboxylic acids is 2. The first-order valence-corrected chi connectivity index (χ1v) is 16.0. The number of hydrogen-bond acceptors (Lipinski definition) is 7. The Bertz CT molecular complexity index is 1550. The Hall–Kier alpha value is -3.01. The topological polar surface area (TPSA) is 144 Å². The minimum absolute atomic E-state index is 0.00912. The van der Waals surface area contributed by atoms with Crippen LogP contribution in [0.15, 0.2) is 66.3 Å². The lowest BCUT2D eigenvalue weighted by molar-refractivity contribution is -0.178. The molecular weight excluding hydrogens is 617 g/mol. The van der Waals surface area contributed by atoms with Crippen molar-refractivity contribution in [3.8, 4) is 0 Å². The molecule has 10 heteroatoms. The van der Waals surface area contributed by atoms with Crippen LogP contribution in [0, 0.1) is 28.6 Å². The van der Waals surface area contributed by atoms with E-state index in [1.54, 1.807) is 48.6 Å². The molecule has 0 bridgehead atoms. The number of carbonyl (C=O) groups is 3. The van der Waals surface area contributed by atoms with Gasteiger partial charge < -0.3 is 25.7 Å². The number of rotatable bonds is 6. The molecule has 2 aromatic carbocycles. The number of aliphatic hydroxyl groups is 3. The molecule has 6 rings (SSSR count). The number of anilines is 2. The summed E-state index contributed by atoms with van der Waals surface area (Å²) >= 11 is 12.1. The lowest BCUT2D eigenvalue weighted by Crippen LogP contribution is -2.61. The molecule has 8 nitrogen and oxygen atoms in total. The van der Waals surface area contributed by atoms with Gasteiger partial charge in [-0.25, -0.2) is 0 Å². The number of benzene rings is 2. The van der Waals surface area contributed by atoms with Gasteiger partial charge >= 0.3 is 5.97 Å². The number of hydrogen-bond donors (Lipinski definition) is 5. The average Bonchev–Trinajstić information content (AvgIpc) is 3.26. The number of carboxylic acid groups (broad SMARTS) is 1. The van der Waals surface area contributed by atoms with Gasteiger partial charge in [-0.15, -0.1) is 0 Å². The normalized spacial score (nSPS) is 33.1. The number of para-hydroxylation sites is 2. The summed E-state index contributed by atoms with van der Waals surface area (Å²) in [6.07, 6.45) is 7.62. The predicted octanol–water partition coefficient (Wildman–Crippen LogP) is 5.92. The van der Waals surface area contributed by atoms with E-state index in [2.05, 4.69) is 12.2 Å². The summed E-state index contributed by atoms with van der Waals surface area (Å²) in [5, 5.41) is 44.6. The highest BCUT2D eigenvalue weighted by Crippen LogP contribution is 2.67. The summed E-state index contributed by atoms with van der Waals surface area (Å²) in [4.78, 5) is 35.0. The van der Waals surface area contributed by atoms with Gasteiger partial charge in [-0.2, -0.15) is 0 Å². The Balaban J connectivity index is 0.000000187. The molecule has 0 saturated heterocycles. The molecule has 0 aliphatic heterocycles. The molecule has 0 radical (unpaired) electrons. The first-order chi connectivity index (χ1) is 21.2. The molecular formula is C35H39Cl2NO7. The second-order valence-electron chi connectivity index (χ2n) is 13.1. The number of carboxylic acids is 1. The maximum absolute atomic E-state index is 12.4. The van der Waals surface area contributed by atoms with E-state index in [4.69, 9.17) is 28.3 Å². The summed E-state index contributed by atoms with van der Waals surface area (Å²) < 4.78 is 0. The third kappa shape index (κ3) is 5.87. The fraction of sp³-hybridized carbons (Fsp3) is 0.457. The van der Waals surface area contributed by atoms with Crippen LogP contribution < -0.4 is 5.32 Å². The molecule has 0 unspecified atom stereocenters. The van der Waals surface area contributed by atoms with Crippen LogP contribution in [0.3, 0.4) is 0 Å². The van der Waals surface area contributed by atoms with Gasteiger partial charge in [0.15, 0.2) is 11.6 Å². The maximum Gasteiger partial charge on any atom is 0.307 e. The Kier molecular flexibility index (Phi) is 9.38. The van der Waals surface area contributed by atoms with Gasteiger partial charge in [0.2, 0.25) is 0 Å². The zero-order chi connectivity index (χ0) is 32.7. The third-order valence-electron chi connectivity index (χ3n) is 10.8. The third-order valence-corrected chi connectivity index (χ3v) is 11.5. The minimum atomic E-state index is -1.56. The van der Waals surface area contributed by atoms with E-state index in [0.29, 0.717) is 39.8 Å². The van der Waals surface area contributed by atoms with Gasteiger partial charge in [-0.05, 0) is 79.9 Å². The van der Waals surface area contributed by atoms with Crippen molar-refractivity contribution in [2.75, 3.05) is 11.9 Å². The number of halogens is 2. The van der Waals surface area contributed by atoms with Crippen LogP contribution in [0.5, 0.6) is 0 Å². The SMILES string of the molecule is C[C@]12C=CC(=O)C=C1CC[C@@H]1[C@@H]2[C@@H](O)C[C@@]2(C)[C@H]1CC[C@]2(O)C(=O)CO.O=C(O)Cc1ccccc1Nc1c(Cl)cccc1Cl. The molecule has 2 aromatic rings. The Morgan fingerprint density at radius 1 is 1.04 bits per heavy atom. The molecule has 0 aromatic heterocycles. The molecule has 4 aliphatic carbocycles. The van der Waals surface area contributed by atoms with Crippen molar-refractivity contribution in [3.05, 3.63) is 81.9 Å². The molecule has 0 spiro atoms. The van der Waals surface area contributed by atoms with E-state index in [1.165, 1.54) is 0 Å². The number of Topliss-reactive ketones (excluding diaryl/α,β-unsaturated/α-hetero) is 1. The van der Waals surface area contributed by atoms with Gasteiger partial charge in [0.25, 0.3) is 0 Å². The second-order valence-corrected chi connectivity index (χ2v) is 14.0. The molecule has 0 amide bonds. The van der Waals surface area contributed by atoms with Crippen molar-refractivity contribution in [1.82, 2.24) is 0 Å². The summed E-state index contributed by atoms with van der Waals surface area (Å²) in [5.74, 6) is -1.12. The van der Waals surface area contributed by atoms with Crippen molar-refractivity contribution in [1.29, 1.82) is 0 Å². The molecule has 4 aliphatic rings. The first kappa shape index (κ1) is 33.4. The zero-order valence-corrected chi connectivity index (χ0v) is 26.8. The zero-order valence-electron chi connectivity index (χ0n) is 25.3. The highest BCUT2D eigenvalue weighted by atomic mass is 35.5. The van der Waals surface area contributed by atoms with Crippen LogP contribution >= 0.6 is 23.2 Å². The molecule has 5 N–H and O–H groups in total. The Labute approximate surface area is 272 Å². The largest absolute Gasteiger partial charge is 0.481 e. The number of ketones is 2. The Morgan fingerprint density at radius 2 is 1.73 bits per heavy atom. The lowest BCUT2D eigenvalue weighted by atomic mass is 9.46. The molecule has 3 fully saturated rings. The minimum Gasteiger partial charge on any atom is -0.481 e. The summed E-state index contributed by atoms with van der Waals surface area (Å²) in [6.45, 7) is 3.34. The van der Waals surface area contributed by atoms with E-state index >= 15 is 0 Å². The number of fused-ring (bicyclic) bond motifs is 5. The number of aliphatic hydroxyl groups excluding tert-OH is 2. The Morgan fingerprint density at radius 3 is 2.40 bits per heavy atom. The summed E-state index contributed by atoms with van der Waals surface area (Å²) in [6, 6.07) is 12.3. The van der Waals surface area contributed by atoms with Crippen molar-refractivity contribution in [2.45, 2.75) is 64.1 Å². The van der Waals surface area contributed by atoms with Crippen LogP contribution in [0.25, 0.3) is 0 Å². The number of allylic oxidation sites excluding steroid dienone is 4. The van der Waals surface area contributed by atoms with Crippen molar-refractivity contribution in [2.24, 2.45) is 28.6 Å². The van der Waals surface area contributed by atoms with Gasteiger partial charge in [0, 0.05) is 22.4 Å². The van der Waals surface area contributed by atoms with Crippen molar-refractivity contribution in [3.63, 3.8) is 0 Å². The van der Waals surface area contributed by atoms with Crippen molar-refractivity contribution < 1.29 is 34.8 Å². The van der Waals surface area contributed by atoms with Crippen molar-refractivity contribution >= 4 is 52.1 Å². The first-order valence-electron chi connectivity index (χ1n) is 15.2. The standard InChI is InChI=1S/C21H28O5.C14H11Cl2NO2/c1-19-7-5-13(23)9-12(19)3-4-14-15-6-8-21(26,17(25)11-22)20(15,2)10-16(24)18(14)19;15-10-5-3-6-11(16)14(10)17-12-7-2-1-4-9(12)8-13(18)19/h5,7,9,14-16,18,22,24,26H,3-4,6,8,10-11H2,1-2H3;1-7,17H,8H2,(H,18,19)/t14-,15-,16-,18+,19-,20-,21-;/m0./s1. The smallest absolute Gasteiger partial charge is 0.307 e. The molecule has 0 heterocycles. The van der Waals surface area contributed by atoms with Gasteiger partial charge in [-0.3, -0.25) is 14.4 Å². The predicted molar refractivity (Wildman–Crippen MR) is 173 cm³/mol. The summed E-state index contributed by atoms with van der Waals surface area (Å²) in [7, 11) is 0. The highest BCUT2D eigenvalue weighted by molar-refractivity contribution is 6.39. The van der Waals surface area contributed by atoms with E-state index < -0.39 is 35.5 Å². The fourth-order valence-corrected chi connectivity index (χ4v) is 9.12. The van der Waals surface area contributed by atoms with Crippen LogP contribution in [0.2, 0.25) is 10.0 Å². The monoisotopic (exact) mass is 655 g/mol. The number of nitrogens with one attached hydrogen (secondary N) is 1. The number of aliphatic carboxylic acids is 1. The molecule has 45 heavy (non-hydrogen) atoms. The van der Waals surface area contributed by atoms with E-state index in [1.807, 2.05) is 19.1 Å². The van der Waals surface area contributed by atoms with E-state index in [0.717, 1.165) is 24.8 Å². The molecule has 240 valence electrons. The molecule has 7 atom stereocenters. The van der Waals surface area contributed by atoms with Crippen LogP contribution in [0.4, 0.5) is 11.4 Å². The quantitative estimate of drug-likeness (QED) is 0.258. The van der Waals surface area contributed by atoms with Gasteiger partial charge in [0.05, 0.1) is 28.3 Å². The van der Waals surface area contributed by atoms with Crippen LogP contribution in [-0.2, 0) is 20.8 Å². The van der Waals surface area contributed by atoms with Gasteiger partial charge in [0.1, 0.15) is 12.2 Å². The average molecular weight is 657 g/mol. The highest BCUT2D eigenvalue weighted by Gasteiger charge is 2.67. The van der Waals surface area contributed by atoms with Crippen LogP contribution in [-0.4, -0.2) is 56.3 Å². The van der Waals surface area contributed by atoms with Gasteiger partial charge in [-0.1, -0.05) is 73.0 Å². The molecule has 3 saturated carbocycles. The second kappa shape index (κ2) is 12.6. The lowest BCUT2D eigenvalue weighted by Gasteiger charge is -2.59. The van der Waals surface area contributed by atoms with E-state index in [9.17, 15) is 29.7 Å².